The van der Waals surface area contributed by atoms with Gasteiger partial charge in [-0.3, -0.25) is 4.79 Å². The van der Waals surface area contributed by atoms with Gasteiger partial charge in [-0.1, -0.05) is 73.1 Å². The highest BCUT2D eigenvalue weighted by Gasteiger charge is 2.20. The van der Waals surface area contributed by atoms with E-state index in [4.69, 9.17) is 26.1 Å². The van der Waals surface area contributed by atoms with Crippen molar-refractivity contribution >= 4 is 52.4 Å². The molecule has 0 aliphatic carbocycles. The number of hydrogen-bond donors (Lipinski definition) is 0. The Morgan fingerprint density at radius 2 is 1.93 bits per heavy atom. The maximum Gasteiger partial charge on any atom is 0.316 e. The summed E-state index contributed by atoms with van der Waals surface area (Å²) in [5.74, 6) is 1.95. The van der Waals surface area contributed by atoms with Gasteiger partial charge in [0, 0.05) is 16.3 Å². The lowest BCUT2D eigenvalue weighted by Crippen LogP contribution is -2.28. The van der Waals surface area contributed by atoms with E-state index in [9.17, 15) is 10.1 Å². The molecule has 1 atom stereocenters. The second-order valence-electron chi connectivity index (χ2n) is 8.78. The van der Waals surface area contributed by atoms with Crippen LogP contribution in [0, 0.1) is 11.3 Å². The number of carbonyl (C=O) groups is 1. The van der Waals surface area contributed by atoms with Gasteiger partial charge in [0.25, 0.3) is 0 Å². The molecule has 0 saturated carbocycles. The Labute approximate surface area is 252 Å². The van der Waals surface area contributed by atoms with Crippen LogP contribution in [-0.4, -0.2) is 40.9 Å². The van der Waals surface area contributed by atoms with E-state index in [-0.39, 0.29) is 18.3 Å². The Bertz CT molecular complexity index is 1410. The Hall–Kier alpha value is -2.96. The van der Waals surface area contributed by atoms with Crippen LogP contribution in [0.2, 0.25) is 5.02 Å². The van der Waals surface area contributed by atoms with Gasteiger partial charge in [-0.05, 0) is 59.5 Å². The summed E-state index contributed by atoms with van der Waals surface area (Å²) in [6, 6.07) is 25.1. The molecule has 9 heteroatoms. The van der Waals surface area contributed by atoms with E-state index in [1.54, 1.807) is 47.4 Å². The van der Waals surface area contributed by atoms with Gasteiger partial charge in [0.05, 0.1) is 21.9 Å². The zero-order chi connectivity index (χ0) is 28.2. The first-order valence-corrected chi connectivity index (χ1v) is 16.3. The molecule has 4 aromatic rings. The number of halogens is 1. The molecule has 0 spiro atoms. The summed E-state index contributed by atoms with van der Waals surface area (Å²) in [4.78, 5) is 18.8. The SMILES string of the molecule is CCCCSCC(COc1ccc(Cl)cc1)OC(=O)CSc1nc(-c2cccs2)cc(-c2ccccc2)c1C#N. The molecule has 0 saturated heterocycles. The molecule has 40 heavy (non-hydrogen) atoms. The van der Waals surface area contributed by atoms with Gasteiger partial charge >= 0.3 is 5.97 Å². The van der Waals surface area contributed by atoms with Crippen molar-refractivity contribution in [2.45, 2.75) is 30.9 Å². The van der Waals surface area contributed by atoms with Crippen molar-refractivity contribution in [1.82, 2.24) is 4.98 Å². The Kier molecular flexibility index (Phi) is 11.8. The summed E-state index contributed by atoms with van der Waals surface area (Å²) in [5, 5.41) is 13.2. The molecule has 1 unspecified atom stereocenters. The van der Waals surface area contributed by atoms with Crippen molar-refractivity contribution in [3.63, 3.8) is 0 Å². The Morgan fingerprint density at radius 3 is 2.62 bits per heavy atom. The second kappa shape index (κ2) is 15.7. The Morgan fingerprint density at radius 1 is 1.12 bits per heavy atom. The summed E-state index contributed by atoms with van der Waals surface area (Å²) < 4.78 is 11.7. The molecule has 0 fully saturated rings. The van der Waals surface area contributed by atoms with Gasteiger partial charge in [-0.25, -0.2) is 4.98 Å². The maximum atomic E-state index is 13.0. The van der Waals surface area contributed by atoms with Gasteiger partial charge in [0.15, 0.2) is 0 Å². The topological polar surface area (TPSA) is 72.2 Å². The summed E-state index contributed by atoms with van der Waals surface area (Å²) in [7, 11) is 0. The molecule has 0 bridgehead atoms. The third kappa shape index (κ3) is 8.77. The highest BCUT2D eigenvalue weighted by Crippen LogP contribution is 2.35. The zero-order valence-electron chi connectivity index (χ0n) is 22.0. The second-order valence-corrected chi connectivity index (χ2v) is 12.3. The molecule has 2 aromatic heterocycles. The minimum Gasteiger partial charge on any atom is -0.490 e. The van der Waals surface area contributed by atoms with Gasteiger partial charge in [-0.15, -0.1) is 11.3 Å². The van der Waals surface area contributed by atoms with Crippen LogP contribution in [0.1, 0.15) is 25.3 Å². The quantitative estimate of drug-likeness (QED) is 0.0806. The van der Waals surface area contributed by atoms with Crippen molar-refractivity contribution < 1.29 is 14.3 Å². The van der Waals surface area contributed by atoms with Crippen LogP contribution in [0.25, 0.3) is 21.7 Å². The number of ether oxygens (including phenoxy) is 2. The number of pyridine rings is 1. The first-order chi connectivity index (χ1) is 19.6. The number of nitriles is 1. The number of rotatable bonds is 14. The average molecular weight is 609 g/mol. The molecule has 2 heterocycles. The lowest BCUT2D eigenvalue weighted by molar-refractivity contribution is -0.145. The largest absolute Gasteiger partial charge is 0.490 e. The van der Waals surface area contributed by atoms with Crippen LogP contribution in [0.15, 0.2) is 83.2 Å². The molecule has 4 rings (SSSR count). The molecule has 206 valence electrons. The number of thiophene rings is 1. The standard InChI is InChI=1S/C31H29ClN2O3S3/c1-2-3-15-38-20-25(19-36-24-13-11-23(32)12-14-24)37-30(35)21-40-31-27(18-33)26(22-8-5-4-6-9-22)17-28(34-31)29-10-7-16-39-29/h4-14,16-17,25H,2-3,15,19-21H2,1H3. The lowest BCUT2D eigenvalue weighted by atomic mass is 10.0. The van der Waals surface area contributed by atoms with Crippen LogP contribution in [0.5, 0.6) is 5.75 Å². The van der Waals surface area contributed by atoms with E-state index in [0.29, 0.717) is 27.1 Å². The van der Waals surface area contributed by atoms with Crippen molar-refractivity contribution in [2.75, 3.05) is 23.9 Å². The van der Waals surface area contributed by atoms with E-state index in [1.807, 2.05) is 53.9 Å². The molecule has 0 radical (unpaired) electrons. The predicted octanol–water partition coefficient (Wildman–Crippen LogP) is 8.62. The highest BCUT2D eigenvalue weighted by molar-refractivity contribution is 8.00. The maximum absolute atomic E-state index is 13.0. The molecular weight excluding hydrogens is 580 g/mol. The number of unbranched alkanes of at least 4 members (excludes halogenated alkanes) is 1. The minimum absolute atomic E-state index is 0.0286. The fourth-order valence-corrected chi connectivity index (χ4v) is 6.46. The highest BCUT2D eigenvalue weighted by atomic mass is 35.5. The lowest BCUT2D eigenvalue weighted by Gasteiger charge is -2.19. The molecular formula is C31H29ClN2O3S3. The minimum atomic E-state index is -0.411. The first-order valence-electron chi connectivity index (χ1n) is 12.9. The van der Waals surface area contributed by atoms with E-state index in [0.717, 1.165) is 40.3 Å². The van der Waals surface area contributed by atoms with Crippen molar-refractivity contribution in [2.24, 2.45) is 0 Å². The molecule has 5 nitrogen and oxygen atoms in total. The monoisotopic (exact) mass is 608 g/mol. The van der Waals surface area contributed by atoms with Crippen molar-refractivity contribution in [1.29, 1.82) is 5.26 Å². The molecule has 0 aliphatic rings. The molecule has 0 aliphatic heterocycles. The Balaban J connectivity index is 1.48. The smallest absolute Gasteiger partial charge is 0.316 e. The summed E-state index contributed by atoms with van der Waals surface area (Å²) in [6.07, 6.45) is 1.80. The molecule has 2 aromatic carbocycles. The van der Waals surface area contributed by atoms with Gasteiger partial charge in [0.1, 0.15) is 29.6 Å². The fourth-order valence-electron chi connectivity index (χ4n) is 3.77. The van der Waals surface area contributed by atoms with Gasteiger partial charge < -0.3 is 9.47 Å². The van der Waals surface area contributed by atoms with Crippen LogP contribution in [-0.2, 0) is 9.53 Å². The third-order valence-electron chi connectivity index (χ3n) is 5.78. The van der Waals surface area contributed by atoms with Crippen molar-refractivity contribution in [3.05, 3.63) is 88.8 Å². The summed E-state index contributed by atoms with van der Waals surface area (Å²) in [6.45, 7) is 2.39. The molecule has 0 amide bonds. The molecule has 0 N–H and O–H groups in total. The van der Waals surface area contributed by atoms with Crippen LogP contribution in [0.4, 0.5) is 0 Å². The normalized spacial score (nSPS) is 11.5. The van der Waals surface area contributed by atoms with Crippen LogP contribution >= 0.6 is 46.5 Å². The number of nitrogens with zero attached hydrogens (tertiary/aromatic N) is 2. The zero-order valence-corrected chi connectivity index (χ0v) is 25.3. The average Bonchev–Trinajstić information content (AvgIpc) is 3.53. The number of aromatic nitrogens is 1. The van der Waals surface area contributed by atoms with E-state index in [1.165, 1.54) is 11.8 Å². The van der Waals surface area contributed by atoms with Gasteiger partial charge in [0.2, 0.25) is 0 Å². The van der Waals surface area contributed by atoms with Gasteiger partial charge in [-0.2, -0.15) is 17.0 Å². The first kappa shape index (κ1) is 30.0. The summed E-state index contributed by atoms with van der Waals surface area (Å²) in [5.41, 5.74) is 2.93. The van der Waals surface area contributed by atoms with Crippen LogP contribution in [0.3, 0.4) is 0 Å². The van der Waals surface area contributed by atoms with E-state index in [2.05, 4.69) is 13.0 Å². The third-order valence-corrected chi connectivity index (χ3v) is 9.05. The van der Waals surface area contributed by atoms with E-state index >= 15 is 0 Å². The van der Waals surface area contributed by atoms with E-state index < -0.39 is 6.10 Å². The number of esters is 1. The predicted molar refractivity (Wildman–Crippen MR) is 167 cm³/mol. The number of thioether (sulfide) groups is 2. The van der Waals surface area contributed by atoms with Crippen molar-refractivity contribution in [3.8, 4) is 33.5 Å². The summed E-state index contributed by atoms with van der Waals surface area (Å²) >= 11 is 10.5. The van der Waals surface area contributed by atoms with Crippen LogP contribution < -0.4 is 4.74 Å². The number of benzene rings is 2. The fraction of sp³-hybridized carbons (Fsp3) is 0.258. The number of hydrogen-bond acceptors (Lipinski definition) is 8. The number of carbonyl (C=O) groups excluding carboxylic acids is 1.